The standard InChI is InChI=1S/C8H6NO/c1-2-4-8-7(3-1)9-5-6-10-8/h1-5,9H. The molecule has 0 amide bonds. The molecular formula is C8H6NO. The first-order valence-corrected chi connectivity index (χ1v) is 3.06. The molecule has 10 heavy (non-hydrogen) atoms. The summed E-state index contributed by atoms with van der Waals surface area (Å²) < 4.78 is 5.06. The zero-order valence-electron chi connectivity index (χ0n) is 5.29. The fourth-order valence-corrected chi connectivity index (χ4v) is 0.875. The topological polar surface area (TPSA) is 21.3 Å². The Bertz CT molecular complexity index is 241. The van der Waals surface area contributed by atoms with Crippen molar-refractivity contribution in [1.82, 2.24) is 0 Å². The van der Waals surface area contributed by atoms with Crippen molar-refractivity contribution in [2.24, 2.45) is 0 Å². The molecule has 1 aromatic rings. The second kappa shape index (κ2) is 2.06. The minimum absolute atomic E-state index is 0.824. The summed E-state index contributed by atoms with van der Waals surface area (Å²) in [6, 6.07) is 7.72. The first-order chi connectivity index (χ1) is 4.97. The van der Waals surface area contributed by atoms with Crippen LogP contribution in [0.1, 0.15) is 0 Å². The van der Waals surface area contributed by atoms with E-state index >= 15 is 0 Å². The zero-order valence-corrected chi connectivity index (χ0v) is 5.29. The highest BCUT2D eigenvalue weighted by Crippen LogP contribution is 2.25. The maximum atomic E-state index is 5.06. The molecule has 0 spiro atoms. The zero-order chi connectivity index (χ0) is 6.81. The Kier molecular flexibility index (Phi) is 1.10. The lowest BCUT2D eigenvalue weighted by Gasteiger charge is -2.10. The molecule has 0 aromatic heterocycles. The summed E-state index contributed by atoms with van der Waals surface area (Å²) in [5, 5.41) is 3.00. The molecule has 2 heteroatoms. The third-order valence-electron chi connectivity index (χ3n) is 1.34. The molecule has 0 fully saturated rings. The van der Waals surface area contributed by atoms with Crippen molar-refractivity contribution < 1.29 is 4.74 Å². The van der Waals surface area contributed by atoms with Crippen LogP contribution in [-0.2, 0) is 0 Å². The Morgan fingerprint density at radius 1 is 1.30 bits per heavy atom. The van der Waals surface area contributed by atoms with Gasteiger partial charge in [0.15, 0.2) is 12.0 Å². The Labute approximate surface area is 59.1 Å². The van der Waals surface area contributed by atoms with Gasteiger partial charge in [0.1, 0.15) is 0 Å². The second-order valence-electron chi connectivity index (χ2n) is 2.00. The molecule has 0 bridgehead atoms. The molecule has 0 saturated carbocycles. The van der Waals surface area contributed by atoms with E-state index in [2.05, 4.69) is 11.6 Å². The summed E-state index contributed by atoms with van der Waals surface area (Å²) in [7, 11) is 0. The Balaban J connectivity index is 2.47. The quantitative estimate of drug-likeness (QED) is 0.580. The highest BCUT2D eigenvalue weighted by molar-refractivity contribution is 5.58. The molecule has 1 aliphatic heterocycles. The number of rotatable bonds is 0. The van der Waals surface area contributed by atoms with Crippen molar-refractivity contribution in [3.8, 4) is 5.75 Å². The van der Waals surface area contributed by atoms with E-state index in [1.165, 1.54) is 0 Å². The van der Waals surface area contributed by atoms with E-state index < -0.39 is 0 Å². The number of ether oxygens (including phenoxy) is 1. The van der Waals surface area contributed by atoms with Crippen LogP contribution in [0.3, 0.4) is 0 Å². The van der Waals surface area contributed by atoms with E-state index in [9.17, 15) is 0 Å². The lowest BCUT2D eigenvalue weighted by Crippen LogP contribution is -1.98. The number of hydrogen-bond acceptors (Lipinski definition) is 2. The van der Waals surface area contributed by atoms with Gasteiger partial charge in [-0.25, -0.2) is 0 Å². The Morgan fingerprint density at radius 3 is 3.10 bits per heavy atom. The van der Waals surface area contributed by atoms with Gasteiger partial charge in [-0.1, -0.05) is 12.1 Å². The van der Waals surface area contributed by atoms with Crippen LogP contribution in [-0.4, -0.2) is 0 Å². The first-order valence-electron chi connectivity index (χ1n) is 3.06. The summed E-state index contributed by atoms with van der Waals surface area (Å²) in [5.74, 6) is 0.824. The maximum Gasteiger partial charge on any atom is 0.187 e. The van der Waals surface area contributed by atoms with Crippen molar-refractivity contribution in [3.63, 3.8) is 0 Å². The van der Waals surface area contributed by atoms with Gasteiger partial charge in [-0.15, -0.1) is 0 Å². The third-order valence-corrected chi connectivity index (χ3v) is 1.34. The van der Waals surface area contributed by atoms with E-state index in [4.69, 9.17) is 4.74 Å². The van der Waals surface area contributed by atoms with Gasteiger partial charge in [-0.3, -0.25) is 0 Å². The Morgan fingerprint density at radius 2 is 2.20 bits per heavy atom. The van der Waals surface area contributed by atoms with E-state index in [1.807, 2.05) is 24.3 Å². The van der Waals surface area contributed by atoms with Crippen LogP contribution in [0.2, 0.25) is 0 Å². The van der Waals surface area contributed by atoms with Gasteiger partial charge in [0.25, 0.3) is 0 Å². The molecule has 2 rings (SSSR count). The average Bonchev–Trinajstić information content (AvgIpc) is 2.05. The van der Waals surface area contributed by atoms with Crippen LogP contribution >= 0.6 is 0 Å². The summed E-state index contributed by atoms with van der Waals surface area (Å²) >= 11 is 0. The van der Waals surface area contributed by atoms with Crippen LogP contribution in [0.4, 0.5) is 5.69 Å². The van der Waals surface area contributed by atoms with Crippen LogP contribution in [0.15, 0.2) is 30.5 Å². The summed E-state index contributed by atoms with van der Waals surface area (Å²) in [6.45, 7) is 0. The minimum atomic E-state index is 0.824. The third kappa shape index (κ3) is 0.739. The van der Waals surface area contributed by atoms with Gasteiger partial charge in [-0.2, -0.15) is 0 Å². The van der Waals surface area contributed by atoms with Gasteiger partial charge in [0.05, 0.1) is 5.69 Å². The first kappa shape index (κ1) is 5.35. The maximum absolute atomic E-state index is 5.06. The average molecular weight is 132 g/mol. The molecule has 1 N–H and O–H groups in total. The van der Waals surface area contributed by atoms with Crippen molar-refractivity contribution in [2.45, 2.75) is 0 Å². The molecule has 2 nitrogen and oxygen atoms in total. The Hall–Kier alpha value is -1.44. The van der Waals surface area contributed by atoms with Gasteiger partial charge < -0.3 is 10.1 Å². The van der Waals surface area contributed by atoms with Crippen molar-refractivity contribution in [3.05, 3.63) is 36.7 Å². The van der Waals surface area contributed by atoms with Crippen LogP contribution in [0.25, 0.3) is 0 Å². The van der Waals surface area contributed by atoms with E-state index in [-0.39, 0.29) is 0 Å². The van der Waals surface area contributed by atoms with Gasteiger partial charge in [0.2, 0.25) is 0 Å². The molecular weight excluding hydrogens is 126 g/mol. The number of nitrogens with one attached hydrogen (secondary N) is 1. The number of anilines is 1. The largest absolute Gasteiger partial charge is 0.450 e. The van der Waals surface area contributed by atoms with E-state index in [1.54, 1.807) is 6.20 Å². The number of fused-ring (bicyclic) bond motifs is 1. The lowest BCUT2D eigenvalue weighted by molar-refractivity contribution is 0.448. The predicted octanol–water partition coefficient (Wildman–Crippen LogP) is 1.77. The van der Waals surface area contributed by atoms with Gasteiger partial charge >= 0.3 is 0 Å². The smallest absolute Gasteiger partial charge is 0.187 e. The van der Waals surface area contributed by atoms with Crippen molar-refractivity contribution >= 4 is 5.69 Å². The van der Waals surface area contributed by atoms with Crippen LogP contribution in [0, 0.1) is 6.26 Å². The minimum Gasteiger partial charge on any atom is -0.450 e. The summed E-state index contributed by atoms with van der Waals surface area (Å²) in [4.78, 5) is 0. The number of benzene rings is 1. The van der Waals surface area contributed by atoms with E-state index in [0.29, 0.717) is 0 Å². The number of hydrogen-bond donors (Lipinski definition) is 1. The lowest BCUT2D eigenvalue weighted by atomic mass is 10.3. The van der Waals surface area contributed by atoms with Gasteiger partial charge in [-0.05, 0) is 12.1 Å². The second-order valence-corrected chi connectivity index (χ2v) is 2.00. The fraction of sp³-hybridized carbons (Fsp3) is 0. The molecule has 49 valence electrons. The van der Waals surface area contributed by atoms with Crippen LogP contribution in [0.5, 0.6) is 5.75 Å². The molecule has 0 atom stereocenters. The molecule has 0 unspecified atom stereocenters. The number of para-hydroxylation sites is 2. The molecule has 1 heterocycles. The summed E-state index contributed by atoms with van der Waals surface area (Å²) in [5.41, 5.74) is 0.987. The SMILES string of the molecule is [C]1=CNc2ccccc2O1. The highest BCUT2D eigenvalue weighted by Gasteiger charge is 2.02. The van der Waals surface area contributed by atoms with Gasteiger partial charge in [0, 0.05) is 6.20 Å². The molecule has 1 aliphatic rings. The predicted molar refractivity (Wildman–Crippen MR) is 38.5 cm³/mol. The van der Waals surface area contributed by atoms with Crippen LogP contribution < -0.4 is 10.1 Å². The molecule has 1 radical (unpaired) electrons. The molecule has 0 aliphatic carbocycles. The summed E-state index contributed by atoms with van der Waals surface area (Å²) in [6.07, 6.45) is 4.25. The highest BCUT2D eigenvalue weighted by atomic mass is 16.5. The van der Waals surface area contributed by atoms with Crippen molar-refractivity contribution in [2.75, 3.05) is 5.32 Å². The fourth-order valence-electron chi connectivity index (χ4n) is 0.875. The normalized spacial score (nSPS) is 13.2. The molecule has 1 aromatic carbocycles. The molecule has 0 saturated heterocycles. The van der Waals surface area contributed by atoms with E-state index in [0.717, 1.165) is 11.4 Å². The monoisotopic (exact) mass is 132 g/mol. The van der Waals surface area contributed by atoms with Crippen molar-refractivity contribution in [1.29, 1.82) is 0 Å².